The molecule has 0 spiro atoms. The van der Waals surface area contributed by atoms with Crippen molar-refractivity contribution in [3.05, 3.63) is 130 Å². The number of H-pyrrole nitrogens is 1. The zero-order valence-electron chi connectivity index (χ0n) is 17.8. The van der Waals surface area contributed by atoms with E-state index >= 15 is 0 Å². The molecule has 2 heterocycles. The van der Waals surface area contributed by atoms with E-state index in [4.69, 9.17) is 0 Å². The molecule has 1 N–H and O–H groups in total. The minimum Gasteiger partial charge on any atom is -0.354 e. The van der Waals surface area contributed by atoms with Crippen LogP contribution in [0.5, 0.6) is 0 Å². The molecule has 3 nitrogen and oxygen atoms in total. The van der Waals surface area contributed by atoms with Gasteiger partial charge in [0.05, 0.1) is 11.7 Å². The zero-order valence-corrected chi connectivity index (χ0v) is 19.4. The van der Waals surface area contributed by atoms with Gasteiger partial charge in [0.25, 0.3) is 5.91 Å². The Morgan fingerprint density at radius 1 is 0.788 bits per heavy atom. The van der Waals surface area contributed by atoms with Crippen LogP contribution in [-0.4, -0.2) is 15.8 Å². The van der Waals surface area contributed by atoms with Crippen LogP contribution in [0.25, 0.3) is 22.2 Å². The smallest absolute Gasteiger partial charge is 0.255 e. The van der Waals surface area contributed by atoms with Gasteiger partial charge >= 0.3 is 0 Å². The Balaban J connectivity index is 1.60. The van der Waals surface area contributed by atoms with Gasteiger partial charge in [0.2, 0.25) is 0 Å². The molecule has 1 aliphatic rings. The van der Waals surface area contributed by atoms with Crippen molar-refractivity contribution in [1.29, 1.82) is 0 Å². The minimum absolute atomic E-state index is 0.0755. The summed E-state index contributed by atoms with van der Waals surface area (Å²) in [5.41, 5.74) is 7.32. The molecule has 0 radical (unpaired) electrons. The fourth-order valence-corrected chi connectivity index (χ4v) is 5.18. The number of carbonyl (C=O) groups is 1. The highest BCUT2D eigenvalue weighted by Gasteiger charge is 2.40. The van der Waals surface area contributed by atoms with Crippen molar-refractivity contribution in [1.82, 2.24) is 9.88 Å². The second-order valence-electron chi connectivity index (χ2n) is 8.37. The summed E-state index contributed by atoms with van der Waals surface area (Å²) in [7, 11) is 0. The lowest BCUT2D eigenvalue weighted by molar-refractivity contribution is 0.0737. The Hall–Kier alpha value is -3.63. The van der Waals surface area contributed by atoms with Gasteiger partial charge in [-0.1, -0.05) is 94.8 Å². The third kappa shape index (κ3) is 3.38. The molecule has 1 amide bonds. The maximum atomic E-state index is 13.6. The summed E-state index contributed by atoms with van der Waals surface area (Å²) < 4.78 is 1.04. The summed E-state index contributed by atoms with van der Waals surface area (Å²) in [4.78, 5) is 19.3. The first-order valence-electron chi connectivity index (χ1n) is 11.0. The highest BCUT2D eigenvalue weighted by molar-refractivity contribution is 9.10. The van der Waals surface area contributed by atoms with Crippen LogP contribution < -0.4 is 0 Å². The zero-order chi connectivity index (χ0) is 22.4. The van der Waals surface area contributed by atoms with Gasteiger partial charge < -0.3 is 9.88 Å². The van der Waals surface area contributed by atoms with Gasteiger partial charge in [0.15, 0.2) is 0 Å². The summed E-state index contributed by atoms with van der Waals surface area (Å²) in [5.74, 6) is 0.0755. The summed E-state index contributed by atoms with van der Waals surface area (Å²) >= 11 is 3.55. The summed E-state index contributed by atoms with van der Waals surface area (Å²) in [6.07, 6.45) is 0. The Bertz CT molecular complexity index is 1470. The second kappa shape index (κ2) is 8.05. The van der Waals surface area contributed by atoms with Crippen LogP contribution in [0.3, 0.4) is 0 Å². The lowest BCUT2D eigenvalue weighted by Gasteiger charge is -2.27. The number of hydrogen-bond acceptors (Lipinski definition) is 1. The first-order valence-corrected chi connectivity index (χ1v) is 11.8. The molecule has 1 aliphatic heterocycles. The fourth-order valence-electron chi connectivity index (χ4n) is 4.92. The van der Waals surface area contributed by atoms with E-state index in [0.29, 0.717) is 6.54 Å². The largest absolute Gasteiger partial charge is 0.354 e. The predicted octanol–water partition coefficient (Wildman–Crippen LogP) is 7.34. The van der Waals surface area contributed by atoms with Crippen molar-refractivity contribution in [2.24, 2.45) is 0 Å². The van der Waals surface area contributed by atoms with Gasteiger partial charge in [-0.2, -0.15) is 0 Å². The fraction of sp³-hybridized carbons (Fsp3) is 0.0690. The average molecular weight is 493 g/mol. The average Bonchev–Trinajstić information content (AvgIpc) is 3.36. The van der Waals surface area contributed by atoms with E-state index in [1.165, 1.54) is 0 Å². The van der Waals surface area contributed by atoms with Gasteiger partial charge in [-0.3, -0.25) is 4.79 Å². The molecule has 160 valence electrons. The molecule has 0 saturated heterocycles. The Morgan fingerprint density at radius 3 is 2.30 bits per heavy atom. The molecule has 0 unspecified atom stereocenters. The van der Waals surface area contributed by atoms with Crippen molar-refractivity contribution in [3.63, 3.8) is 0 Å². The van der Waals surface area contributed by atoms with Crippen LogP contribution in [0, 0.1) is 0 Å². The Kier molecular flexibility index (Phi) is 4.88. The summed E-state index contributed by atoms with van der Waals surface area (Å²) in [5, 5.41) is 1.14. The van der Waals surface area contributed by atoms with Crippen LogP contribution in [0.1, 0.15) is 33.1 Å². The molecule has 1 aromatic heterocycles. The molecular weight excluding hydrogens is 472 g/mol. The number of hydrogen-bond donors (Lipinski definition) is 1. The number of aromatic amines is 1. The maximum absolute atomic E-state index is 13.6. The SMILES string of the molecule is O=C1c2ccccc2[C@H](c2c(-c3ccc(Br)cc3)[nH]c3ccccc23)N1Cc1ccccc1. The molecule has 0 bridgehead atoms. The second-order valence-corrected chi connectivity index (χ2v) is 9.29. The summed E-state index contributed by atoms with van der Waals surface area (Å²) in [6.45, 7) is 0.554. The number of para-hydroxylation sites is 1. The van der Waals surface area contributed by atoms with Crippen molar-refractivity contribution in [2.45, 2.75) is 12.6 Å². The van der Waals surface area contributed by atoms with Gasteiger partial charge in [-0.15, -0.1) is 0 Å². The van der Waals surface area contributed by atoms with Crippen molar-refractivity contribution in [2.75, 3.05) is 0 Å². The molecule has 0 saturated carbocycles. The number of carbonyl (C=O) groups excluding carboxylic acids is 1. The number of amides is 1. The maximum Gasteiger partial charge on any atom is 0.255 e. The van der Waals surface area contributed by atoms with Gasteiger partial charge in [0.1, 0.15) is 0 Å². The number of fused-ring (bicyclic) bond motifs is 2. The molecule has 6 rings (SSSR count). The number of halogens is 1. The number of rotatable bonds is 4. The van der Waals surface area contributed by atoms with Crippen LogP contribution in [-0.2, 0) is 6.54 Å². The molecule has 5 aromatic rings. The quantitative estimate of drug-likeness (QED) is 0.279. The van der Waals surface area contributed by atoms with E-state index in [0.717, 1.165) is 48.9 Å². The summed E-state index contributed by atoms with van der Waals surface area (Å²) in [6, 6.07) is 34.8. The predicted molar refractivity (Wildman–Crippen MR) is 136 cm³/mol. The molecule has 4 heteroatoms. The molecule has 0 aliphatic carbocycles. The van der Waals surface area contributed by atoms with Crippen LogP contribution >= 0.6 is 15.9 Å². The van der Waals surface area contributed by atoms with Crippen LogP contribution in [0.2, 0.25) is 0 Å². The molecule has 1 atom stereocenters. The van der Waals surface area contributed by atoms with E-state index < -0.39 is 0 Å². The Labute approximate surface area is 200 Å². The lowest BCUT2D eigenvalue weighted by atomic mass is 9.93. The first-order chi connectivity index (χ1) is 16.2. The third-order valence-corrected chi connectivity index (χ3v) is 6.94. The van der Waals surface area contributed by atoms with Crippen molar-refractivity contribution < 1.29 is 4.79 Å². The topological polar surface area (TPSA) is 36.1 Å². The van der Waals surface area contributed by atoms with E-state index in [1.54, 1.807) is 0 Å². The van der Waals surface area contributed by atoms with E-state index in [-0.39, 0.29) is 11.9 Å². The standard InChI is InChI=1S/C29H21BrN2O/c30-21-16-14-20(15-17-21)27-26(24-12-6-7-13-25(24)31-27)28-22-10-4-5-11-23(22)29(33)32(28)18-19-8-2-1-3-9-19/h1-17,28,31H,18H2/t28-/m1/s1. The number of aromatic nitrogens is 1. The minimum atomic E-state index is -0.177. The van der Waals surface area contributed by atoms with Crippen molar-refractivity contribution >= 4 is 32.7 Å². The molecular formula is C29H21BrN2O. The van der Waals surface area contributed by atoms with Crippen LogP contribution in [0.4, 0.5) is 0 Å². The normalized spacial score (nSPS) is 15.2. The monoisotopic (exact) mass is 492 g/mol. The van der Waals surface area contributed by atoms with Crippen LogP contribution in [0.15, 0.2) is 108 Å². The van der Waals surface area contributed by atoms with Crippen molar-refractivity contribution in [3.8, 4) is 11.3 Å². The van der Waals surface area contributed by atoms with E-state index in [1.807, 2.05) is 47.4 Å². The van der Waals surface area contributed by atoms with E-state index in [2.05, 4.69) is 81.6 Å². The third-order valence-electron chi connectivity index (χ3n) is 6.41. The lowest BCUT2D eigenvalue weighted by Crippen LogP contribution is -2.28. The molecule has 33 heavy (non-hydrogen) atoms. The van der Waals surface area contributed by atoms with E-state index in [9.17, 15) is 4.79 Å². The number of benzene rings is 4. The highest BCUT2D eigenvalue weighted by Crippen LogP contribution is 2.46. The number of nitrogens with one attached hydrogen (secondary N) is 1. The molecule has 4 aromatic carbocycles. The van der Waals surface area contributed by atoms with Gasteiger partial charge in [-0.25, -0.2) is 0 Å². The van der Waals surface area contributed by atoms with Gasteiger partial charge in [0, 0.05) is 33.0 Å². The first kappa shape index (κ1) is 20.0. The molecule has 0 fully saturated rings. The highest BCUT2D eigenvalue weighted by atomic mass is 79.9. The number of nitrogens with zero attached hydrogens (tertiary/aromatic N) is 1. The van der Waals surface area contributed by atoms with Gasteiger partial charge in [-0.05, 0) is 41.0 Å². The Morgan fingerprint density at radius 2 is 1.48 bits per heavy atom.